The predicted octanol–water partition coefficient (Wildman–Crippen LogP) is 3.14. The topological polar surface area (TPSA) is 29.5 Å². The molecule has 2 heteroatoms. The summed E-state index contributed by atoms with van der Waals surface area (Å²) in [6.45, 7) is 6.33. The Morgan fingerprint density at radius 3 is 2.56 bits per heavy atom. The summed E-state index contributed by atoms with van der Waals surface area (Å²) in [6.07, 6.45) is 1.39. The summed E-state index contributed by atoms with van der Waals surface area (Å²) < 4.78 is 5.48. The molecule has 0 aromatic heterocycles. The summed E-state index contributed by atoms with van der Waals surface area (Å²) >= 11 is 0. The second kappa shape index (κ2) is 5.02. The van der Waals surface area contributed by atoms with Crippen LogP contribution in [0.5, 0.6) is 0 Å². The maximum Gasteiger partial charge on any atom is 0.0878 e. The largest absolute Gasteiger partial charge is 0.390 e. The van der Waals surface area contributed by atoms with Crippen molar-refractivity contribution in [1.29, 1.82) is 0 Å². The number of ether oxygens (including phenoxy) is 1. The van der Waals surface area contributed by atoms with Gasteiger partial charge in [0.2, 0.25) is 0 Å². The first-order valence-electron chi connectivity index (χ1n) is 6.72. The lowest BCUT2D eigenvalue weighted by molar-refractivity contribution is -0.0759. The standard InChI is InChI=1S/C16H24O2/c1-16(2,3)15(18-4)14(17)10-12-9-11-7-5-6-8-13(11)12/h5-8,12,14-15,17H,9-10H2,1-4H3. The van der Waals surface area contributed by atoms with Gasteiger partial charge in [0, 0.05) is 7.11 Å². The van der Waals surface area contributed by atoms with Gasteiger partial charge in [-0.2, -0.15) is 0 Å². The van der Waals surface area contributed by atoms with E-state index in [2.05, 4.69) is 45.0 Å². The van der Waals surface area contributed by atoms with E-state index in [1.807, 2.05) is 0 Å². The molecule has 18 heavy (non-hydrogen) atoms. The van der Waals surface area contributed by atoms with Gasteiger partial charge in [0.1, 0.15) is 0 Å². The van der Waals surface area contributed by atoms with Crippen LogP contribution in [-0.2, 0) is 11.2 Å². The predicted molar refractivity (Wildman–Crippen MR) is 73.8 cm³/mol. The minimum Gasteiger partial charge on any atom is -0.390 e. The molecule has 0 spiro atoms. The van der Waals surface area contributed by atoms with Crippen molar-refractivity contribution in [1.82, 2.24) is 0 Å². The first-order chi connectivity index (χ1) is 8.43. The second-order valence-electron chi connectivity index (χ2n) is 6.43. The first kappa shape index (κ1) is 13.6. The molecule has 1 aromatic carbocycles. The highest BCUT2D eigenvalue weighted by Crippen LogP contribution is 2.39. The Kier molecular flexibility index (Phi) is 3.79. The number of methoxy groups -OCH3 is 1. The average Bonchev–Trinajstić information content (AvgIpc) is 2.25. The quantitative estimate of drug-likeness (QED) is 0.887. The minimum atomic E-state index is -0.395. The van der Waals surface area contributed by atoms with E-state index in [-0.39, 0.29) is 11.5 Å². The Morgan fingerprint density at radius 2 is 2.00 bits per heavy atom. The number of rotatable bonds is 4. The fraction of sp³-hybridized carbons (Fsp3) is 0.625. The highest BCUT2D eigenvalue weighted by atomic mass is 16.5. The van der Waals surface area contributed by atoms with Gasteiger partial charge in [0.25, 0.3) is 0 Å². The van der Waals surface area contributed by atoms with Crippen LogP contribution < -0.4 is 0 Å². The molecule has 0 aliphatic heterocycles. The Morgan fingerprint density at radius 1 is 1.33 bits per heavy atom. The lowest BCUT2D eigenvalue weighted by atomic mass is 9.72. The number of aliphatic hydroxyl groups is 1. The first-order valence-corrected chi connectivity index (χ1v) is 6.72. The highest BCUT2D eigenvalue weighted by molar-refractivity contribution is 5.39. The van der Waals surface area contributed by atoms with Crippen molar-refractivity contribution < 1.29 is 9.84 Å². The van der Waals surface area contributed by atoms with Crippen molar-refractivity contribution in [3.8, 4) is 0 Å². The molecule has 0 fully saturated rings. The molecule has 1 aliphatic carbocycles. The Labute approximate surface area is 110 Å². The van der Waals surface area contributed by atoms with Crippen molar-refractivity contribution in [2.24, 2.45) is 5.41 Å². The molecule has 3 atom stereocenters. The number of benzene rings is 1. The SMILES string of the molecule is COC(C(O)CC1Cc2ccccc21)C(C)(C)C. The van der Waals surface area contributed by atoms with E-state index in [0.29, 0.717) is 5.92 Å². The van der Waals surface area contributed by atoms with Crippen LogP contribution in [-0.4, -0.2) is 24.4 Å². The van der Waals surface area contributed by atoms with Crippen molar-refractivity contribution in [2.75, 3.05) is 7.11 Å². The summed E-state index contributed by atoms with van der Waals surface area (Å²) in [7, 11) is 1.69. The van der Waals surface area contributed by atoms with Crippen LogP contribution in [0, 0.1) is 5.41 Å². The molecule has 100 valence electrons. The smallest absolute Gasteiger partial charge is 0.0878 e. The molecule has 0 heterocycles. The van der Waals surface area contributed by atoms with Crippen LogP contribution in [0.4, 0.5) is 0 Å². The zero-order valence-electron chi connectivity index (χ0n) is 11.8. The third kappa shape index (κ3) is 2.60. The van der Waals surface area contributed by atoms with E-state index in [9.17, 15) is 5.11 Å². The van der Waals surface area contributed by atoms with E-state index in [4.69, 9.17) is 4.74 Å². The lowest BCUT2D eigenvalue weighted by Gasteiger charge is -2.37. The third-order valence-electron chi connectivity index (χ3n) is 3.94. The molecule has 2 nitrogen and oxygen atoms in total. The van der Waals surface area contributed by atoms with Gasteiger partial charge in [-0.05, 0) is 35.3 Å². The van der Waals surface area contributed by atoms with Crippen LogP contribution in [0.25, 0.3) is 0 Å². The van der Waals surface area contributed by atoms with Gasteiger partial charge in [0.15, 0.2) is 0 Å². The van der Waals surface area contributed by atoms with E-state index in [0.717, 1.165) is 12.8 Å². The molecular weight excluding hydrogens is 224 g/mol. The van der Waals surface area contributed by atoms with Crippen LogP contribution in [0.3, 0.4) is 0 Å². The van der Waals surface area contributed by atoms with E-state index in [1.165, 1.54) is 11.1 Å². The summed E-state index contributed by atoms with van der Waals surface area (Å²) in [6, 6.07) is 8.51. The van der Waals surface area contributed by atoms with Gasteiger partial charge in [-0.1, -0.05) is 45.0 Å². The van der Waals surface area contributed by atoms with Crippen LogP contribution in [0.2, 0.25) is 0 Å². The maximum atomic E-state index is 10.4. The normalized spacial score (nSPS) is 21.9. The summed E-state index contributed by atoms with van der Waals surface area (Å²) in [5, 5.41) is 10.4. The van der Waals surface area contributed by atoms with Crippen molar-refractivity contribution in [2.45, 2.75) is 51.7 Å². The van der Waals surface area contributed by atoms with E-state index < -0.39 is 6.10 Å². The highest BCUT2D eigenvalue weighted by Gasteiger charge is 2.35. The van der Waals surface area contributed by atoms with E-state index in [1.54, 1.807) is 7.11 Å². The monoisotopic (exact) mass is 248 g/mol. The minimum absolute atomic E-state index is 0.0303. The van der Waals surface area contributed by atoms with Gasteiger partial charge in [0.05, 0.1) is 12.2 Å². The van der Waals surface area contributed by atoms with Gasteiger partial charge >= 0.3 is 0 Å². The van der Waals surface area contributed by atoms with E-state index >= 15 is 0 Å². The average molecular weight is 248 g/mol. The lowest BCUT2D eigenvalue weighted by Crippen LogP contribution is -2.41. The Bertz CT molecular complexity index is 406. The zero-order valence-corrected chi connectivity index (χ0v) is 11.8. The molecule has 0 amide bonds. The molecule has 3 unspecified atom stereocenters. The summed E-state index contributed by atoms with van der Waals surface area (Å²) in [5.74, 6) is 0.496. The number of fused-ring (bicyclic) bond motifs is 1. The molecule has 0 saturated heterocycles. The molecule has 0 radical (unpaired) electrons. The molecule has 1 aromatic rings. The molecule has 2 rings (SSSR count). The molecule has 0 bridgehead atoms. The van der Waals surface area contributed by atoms with Crippen molar-refractivity contribution in [3.05, 3.63) is 35.4 Å². The summed E-state index contributed by atoms with van der Waals surface area (Å²) in [5.41, 5.74) is 2.80. The number of hydrogen-bond acceptors (Lipinski definition) is 2. The molecular formula is C16H24O2. The summed E-state index contributed by atoms with van der Waals surface area (Å²) in [4.78, 5) is 0. The van der Waals surface area contributed by atoms with Crippen LogP contribution >= 0.6 is 0 Å². The Balaban J connectivity index is 1.99. The zero-order chi connectivity index (χ0) is 13.3. The third-order valence-corrected chi connectivity index (χ3v) is 3.94. The van der Waals surface area contributed by atoms with Gasteiger partial charge in [-0.25, -0.2) is 0 Å². The maximum absolute atomic E-state index is 10.4. The fourth-order valence-electron chi connectivity index (χ4n) is 3.08. The Hall–Kier alpha value is -0.860. The van der Waals surface area contributed by atoms with Gasteiger partial charge in [-0.15, -0.1) is 0 Å². The molecule has 1 N–H and O–H groups in total. The molecule has 0 saturated carbocycles. The second-order valence-corrected chi connectivity index (χ2v) is 6.43. The number of hydrogen-bond donors (Lipinski definition) is 1. The van der Waals surface area contributed by atoms with Crippen LogP contribution in [0.15, 0.2) is 24.3 Å². The van der Waals surface area contributed by atoms with Crippen molar-refractivity contribution in [3.63, 3.8) is 0 Å². The van der Waals surface area contributed by atoms with Crippen LogP contribution in [0.1, 0.15) is 44.2 Å². The van der Waals surface area contributed by atoms with Gasteiger partial charge in [-0.3, -0.25) is 0 Å². The number of aliphatic hydroxyl groups excluding tert-OH is 1. The molecule has 1 aliphatic rings. The van der Waals surface area contributed by atoms with Gasteiger partial charge < -0.3 is 9.84 Å². The van der Waals surface area contributed by atoms with Crippen molar-refractivity contribution >= 4 is 0 Å². The fourth-order valence-corrected chi connectivity index (χ4v) is 3.08.